The molecule has 0 saturated carbocycles. The van der Waals surface area contributed by atoms with Crippen molar-refractivity contribution in [2.45, 2.75) is 19.3 Å². The van der Waals surface area contributed by atoms with Gasteiger partial charge in [-0.15, -0.1) is 0 Å². The second-order valence-corrected chi connectivity index (χ2v) is 5.04. The summed E-state index contributed by atoms with van der Waals surface area (Å²) in [5.41, 5.74) is 1.26. The lowest BCUT2D eigenvalue weighted by Gasteiger charge is -2.11. The van der Waals surface area contributed by atoms with E-state index >= 15 is 0 Å². The van der Waals surface area contributed by atoms with Crippen LogP contribution in [0.3, 0.4) is 0 Å². The topological polar surface area (TPSA) is 37.3 Å². The molecule has 0 spiro atoms. The highest BCUT2D eigenvalue weighted by Crippen LogP contribution is 2.29. The van der Waals surface area contributed by atoms with Crippen LogP contribution >= 0.6 is 0 Å². The zero-order valence-electron chi connectivity index (χ0n) is 11.2. The molecule has 0 amide bonds. The molecule has 0 saturated heterocycles. The summed E-state index contributed by atoms with van der Waals surface area (Å²) in [4.78, 5) is 10.7. The number of carboxylic acids is 1. The fourth-order valence-electron chi connectivity index (χ4n) is 2.79. The van der Waals surface area contributed by atoms with Gasteiger partial charge in [0.25, 0.3) is 0 Å². The van der Waals surface area contributed by atoms with Crippen LogP contribution in [0.25, 0.3) is 21.5 Å². The van der Waals surface area contributed by atoms with Crippen LogP contribution in [0.15, 0.2) is 54.6 Å². The summed E-state index contributed by atoms with van der Waals surface area (Å²) in [6.45, 7) is 0. The van der Waals surface area contributed by atoms with E-state index in [9.17, 15) is 4.79 Å². The number of carboxylic acid groups (broad SMARTS) is 1. The summed E-state index contributed by atoms with van der Waals surface area (Å²) in [6.07, 6.45) is 1.69. The van der Waals surface area contributed by atoms with E-state index in [1.54, 1.807) is 0 Å². The third-order valence-corrected chi connectivity index (χ3v) is 3.70. The molecule has 0 radical (unpaired) electrons. The normalized spacial score (nSPS) is 11.0. The van der Waals surface area contributed by atoms with Gasteiger partial charge in [-0.3, -0.25) is 4.79 Å². The van der Waals surface area contributed by atoms with Gasteiger partial charge in [0.05, 0.1) is 0 Å². The minimum absolute atomic E-state index is 0.220. The van der Waals surface area contributed by atoms with Gasteiger partial charge in [0.1, 0.15) is 0 Å². The minimum Gasteiger partial charge on any atom is -0.481 e. The van der Waals surface area contributed by atoms with Gasteiger partial charge in [-0.05, 0) is 46.0 Å². The molecule has 0 unspecified atom stereocenters. The highest BCUT2D eigenvalue weighted by molar-refractivity contribution is 6.02. The van der Waals surface area contributed by atoms with Crippen LogP contribution in [-0.2, 0) is 11.2 Å². The van der Waals surface area contributed by atoms with Crippen LogP contribution < -0.4 is 0 Å². The van der Waals surface area contributed by atoms with Crippen molar-refractivity contribution in [2.75, 3.05) is 0 Å². The fraction of sp³-hybridized carbons (Fsp3) is 0.167. The Balaban J connectivity index is 2.15. The van der Waals surface area contributed by atoms with Gasteiger partial charge in [-0.25, -0.2) is 0 Å². The number of aryl methyl sites for hydroxylation is 1. The Labute approximate surface area is 117 Å². The first-order chi connectivity index (χ1) is 9.75. The second kappa shape index (κ2) is 5.33. The molecule has 3 aromatic carbocycles. The van der Waals surface area contributed by atoms with Crippen LogP contribution in [0.5, 0.6) is 0 Å². The maximum atomic E-state index is 10.7. The van der Waals surface area contributed by atoms with Crippen molar-refractivity contribution in [1.82, 2.24) is 0 Å². The molecular formula is C18H16O2. The molecule has 0 bridgehead atoms. The second-order valence-electron chi connectivity index (χ2n) is 5.04. The van der Waals surface area contributed by atoms with Gasteiger partial charge in [0, 0.05) is 6.42 Å². The van der Waals surface area contributed by atoms with Crippen molar-refractivity contribution in [2.24, 2.45) is 0 Å². The Morgan fingerprint density at radius 1 is 0.900 bits per heavy atom. The number of hydrogen-bond donors (Lipinski definition) is 1. The highest BCUT2D eigenvalue weighted by atomic mass is 16.4. The fourth-order valence-corrected chi connectivity index (χ4v) is 2.79. The average molecular weight is 264 g/mol. The average Bonchev–Trinajstić information content (AvgIpc) is 2.46. The first-order valence-corrected chi connectivity index (χ1v) is 6.87. The van der Waals surface area contributed by atoms with E-state index in [1.807, 2.05) is 24.3 Å². The monoisotopic (exact) mass is 264 g/mol. The Morgan fingerprint density at radius 3 is 2.00 bits per heavy atom. The zero-order chi connectivity index (χ0) is 13.9. The molecule has 1 N–H and O–H groups in total. The molecule has 0 aliphatic rings. The maximum Gasteiger partial charge on any atom is 0.303 e. The van der Waals surface area contributed by atoms with E-state index in [-0.39, 0.29) is 6.42 Å². The molecule has 0 aliphatic carbocycles. The van der Waals surface area contributed by atoms with Crippen LogP contribution in [0, 0.1) is 0 Å². The largest absolute Gasteiger partial charge is 0.481 e. The van der Waals surface area contributed by atoms with Crippen molar-refractivity contribution in [3.8, 4) is 0 Å². The van der Waals surface area contributed by atoms with Crippen LogP contribution in [0.2, 0.25) is 0 Å². The first-order valence-electron chi connectivity index (χ1n) is 6.87. The summed E-state index contributed by atoms with van der Waals surface area (Å²) >= 11 is 0. The third kappa shape index (κ3) is 2.37. The summed E-state index contributed by atoms with van der Waals surface area (Å²) in [7, 11) is 0. The van der Waals surface area contributed by atoms with Gasteiger partial charge in [0.2, 0.25) is 0 Å². The van der Waals surface area contributed by atoms with Gasteiger partial charge >= 0.3 is 5.97 Å². The molecule has 20 heavy (non-hydrogen) atoms. The Bertz CT molecular complexity index is 721. The van der Waals surface area contributed by atoms with E-state index in [0.29, 0.717) is 6.42 Å². The van der Waals surface area contributed by atoms with Crippen molar-refractivity contribution < 1.29 is 9.90 Å². The molecule has 0 heterocycles. The Morgan fingerprint density at radius 2 is 1.45 bits per heavy atom. The molecule has 100 valence electrons. The number of rotatable bonds is 4. The smallest absolute Gasteiger partial charge is 0.303 e. The molecule has 3 rings (SSSR count). The number of hydrogen-bond acceptors (Lipinski definition) is 1. The predicted octanol–water partition coefficient (Wildman–Crippen LogP) is 4.40. The number of aliphatic carboxylic acids is 1. The third-order valence-electron chi connectivity index (χ3n) is 3.70. The summed E-state index contributed by atoms with van der Waals surface area (Å²) in [6, 6.07) is 18.8. The maximum absolute atomic E-state index is 10.7. The lowest BCUT2D eigenvalue weighted by atomic mass is 9.93. The molecular weight excluding hydrogens is 248 g/mol. The number of fused-ring (bicyclic) bond motifs is 2. The van der Waals surface area contributed by atoms with Crippen LogP contribution in [0.4, 0.5) is 0 Å². The van der Waals surface area contributed by atoms with Crippen molar-refractivity contribution in [3.63, 3.8) is 0 Å². The van der Waals surface area contributed by atoms with E-state index < -0.39 is 5.97 Å². The predicted molar refractivity (Wildman–Crippen MR) is 82.0 cm³/mol. The summed E-state index contributed by atoms with van der Waals surface area (Å²) in [5.74, 6) is -0.727. The van der Waals surface area contributed by atoms with Crippen LogP contribution in [-0.4, -0.2) is 11.1 Å². The van der Waals surface area contributed by atoms with Gasteiger partial charge in [0.15, 0.2) is 0 Å². The minimum atomic E-state index is -0.727. The van der Waals surface area contributed by atoms with E-state index in [1.165, 1.54) is 27.1 Å². The molecule has 0 fully saturated rings. The van der Waals surface area contributed by atoms with Crippen molar-refractivity contribution >= 4 is 27.5 Å². The standard InChI is InChI=1S/C18H16O2/c19-18(20)11-5-10-17-15-8-3-1-6-13(15)12-14-7-2-4-9-16(14)17/h1-4,6-9,12H,5,10-11H2,(H,19,20). The van der Waals surface area contributed by atoms with E-state index in [0.717, 1.165) is 6.42 Å². The molecule has 0 aromatic heterocycles. The number of benzene rings is 3. The van der Waals surface area contributed by atoms with Gasteiger partial charge in [-0.2, -0.15) is 0 Å². The molecule has 0 aliphatic heterocycles. The van der Waals surface area contributed by atoms with Crippen molar-refractivity contribution in [1.29, 1.82) is 0 Å². The SMILES string of the molecule is O=C(O)CCCc1c2ccccc2cc2ccccc12. The van der Waals surface area contributed by atoms with Gasteiger partial charge < -0.3 is 5.11 Å². The van der Waals surface area contributed by atoms with Crippen molar-refractivity contribution in [3.05, 3.63) is 60.2 Å². The lowest BCUT2D eigenvalue weighted by Crippen LogP contribution is -1.97. The Hall–Kier alpha value is -2.35. The van der Waals surface area contributed by atoms with Gasteiger partial charge in [-0.1, -0.05) is 48.5 Å². The molecule has 2 heteroatoms. The summed E-state index contributed by atoms with van der Waals surface area (Å²) in [5, 5.41) is 13.7. The number of carbonyl (C=O) groups is 1. The molecule has 0 atom stereocenters. The lowest BCUT2D eigenvalue weighted by molar-refractivity contribution is -0.137. The highest BCUT2D eigenvalue weighted by Gasteiger charge is 2.07. The van der Waals surface area contributed by atoms with E-state index in [4.69, 9.17) is 5.11 Å². The zero-order valence-corrected chi connectivity index (χ0v) is 11.2. The molecule has 3 aromatic rings. The van der Waals surface area contributed by atoms with Crippen LogP contribution in [0.1, 0.15) is 18.4 Å². The molecule has 2 nitrogen and oxygen atoms in total. The first kappa shape index (κ1) is 12.7. The summed E-state index contributed by atoms with van der Waals surface area (Å²) < 4.78 is 0. The van der Waals surface area contributed by atoms with E-state index in [2.05, 4.69) is 30.3 Å². The quantitative estimate of drug-likeness (QED) is 0.709. The Kier molecular flexibility index (Phi) is 3.38.